The minimum atomic E-state index is -3.97. The molecule has 204 valence electrons. The molecule has 2 amide bonds. The highest BCUT2D eigenvalue weighted by Gasteiger charge is 2.33. The van der Waals surface area contributed by atoms with Crippen LogP contribution in [0.3, 0.4) is 0 Å². The van der Waals surface area contributed by atoms with E-state index in [9.17, 15) is 18.0 Å². The largest absolute Gasteiger partial charge is 0.497 e. The third kappa shape index (κ3) is 8.40. The third-order valence-electron chi connectivity index (χ3n) is 5.84. The molecule has 0 radical (unpaired) electrons. The van der Waals surface area contributed by atoms with Gasteiger partial charge in [0.2, 0.25) is 21.8 Å². The summed E-state index contributed by atoms with van der Waals surface area (Å²) in [6.45, 7) is 5.08. The van der Waals surface area contributed by atoms with Crippen LogP contribution in [0.15, 0.2) is 36.4 Å². The van der Waals surface area contributed by atoms with Gasteiger partial charge >= 0.3 is 0 Å². The fraction of sp³-hybridized carbons (Fsp3) is 0.440. The lowest BCUT2D eigenvalue weighted by Gasteiger charge is -2.33. The van der Waals surface area contributed by atoms with Crippen molar-refractivity contribution in [2.24, 2.45) is 0 Å². The number of carbonyl (C=O) groups is 2. The zero-order chi connectivity index (χ0) is 27.9. The minimum absolute atomic E-state index is 0.00780. The number of methoxy groups -OCH3 is 1. The van der Waals surface area contributed by atoms with Gasteiger partial charge in [-0.1, -0.05) is 60.8 Å². The van der Waals surface area contributed by atoms with Crippen LogP contribution in [-0.4, -0.2) is 57.1 Å². The van der Waals surface area contributed by atoms with Crippen LogP contribution in [0, 0.1) is 0 Å². The van der Waals surface area contributed by atoms with Gasteiger partial charge in [0.1, 0.15) is 18.3 Å². The summed E-state index contributed by atoms with van der Waals surface area (Å²) in [5.74, 6) is -0.271. The predicted molar refractivity (Wildman–Crippen MR) is 149 cm³/mol. The van der Waals surface area contributed by atoms with Crippen LogP contribution in [0.1, 0.15) is 39.2 Å². The maximum Gasteiger partial charge on any atom is 0.244 e. The summed E-state index contributed by atoms with van der Waals surface area (Å²) in [6, 6.07) is 8.73. The summed E-state index contributed by atoms with van der Waals surface area (Å²) in [7, 11) is -2.43. The van der Waals surface area contributed by atoms with E-state index in [-0.39, 0.29) is 39.2 Å². The molecular formula is C25H32Cl3N3O5S. The average Bonchev–Trinajstić information content (AvgIpc) is 2.84. The first-order valence-electron chi connectivity index (χ1n) is 11.7. The number of rotatable bonds is 12. The van der Waals surface area contributed by atoms with E-state index in [2.05, 4.69) is 5.32 Å². The highest BCUT2D eigenvalue weighted by atomic mass is 35.5. The fourth-order valence-corrected chi connectivity index (χ4v) is 5.13. The highest BCUT2D eigenvalue weighted by Crippen LogP contribution is 2.35. The van der Waals surface area contributed by atoms with Gasteiger partial charge in [-0.05, 0) is 49.6 Å². The van der Waals surface area contributed by atoms with Crippen LogP contribution < -0.4 is 14.4 Å². The molecule has 0 fully saturated rings. The lowest BCUT2D eigenvalue weighted by atomic mass is 10.1. The summed E-state index contributed by atoms with van der Waals surface area (Å²) >= 11 is 18.4. The van der Waals surface area contributed by atoms with Gasteiger partial charge in [-0.3, -0.25) is 13.9 Å². The molecule has 0 heterocycles. The van der Waals surface area contributed by atoms with Gasteiger partial charge in [-0.2, -0.15) is 0 Å². The minimum Gasteiger partial charge on any atom is -0.497 e. The van der Waals surface area contributed by atoms with Gasteiger partial charge in [-0.25, -0.2) is 8.42 Å². The van der Waals surface area contributed by atoms with Gasteiger partial charge in [0.15, 0.2) is 0 Å². The van der Waals surface area contributed by atoms with Crippen molar-refractivity contribution in [3.05, 3.63) is 57.0 Å². The summed E-state index contributed by atoms with van der Waals surface area (Å²) < 4.78 is 31.6. The van der Waals surface area contributed by atoms with Crippen molar-refractivity contribution < 1.29 is 22.7 Å². The topological polar surface area (TPSA) is 96.0 Å². The lowest BCUT2D eigenvalue weighted by Crippen LogP contribution is -2.53. The Bertz CT molecular complexity index is 1210. The van der Waals surface area contributed by atoms with Crippen molar-refractivity contribution in [3.63, 3.8) is 0 Å². The van der Waals surface area contributed by atoms with Crippen molar-refractivity contribution in [3.8, 4) is 5.75 Å². The van der Waals surface area contributed by atoms with Crippen molar-refractivity contribution in [1.82, 2.24) is 10.2 Å². The second kappa shape index (κ2) is 13.6. The van der Waals surface area contributed by atoms with Crippen LogP contribution in [0.2, 0.25) is 15.1 Å². The monoisotopic (exact) mass is 591 g/mol. The Morgan fingerprint density at radius 1 is 1.00 bits per heavy atom. The highest BCUT2D eigenvalue weighted by molar-refractivity contribution is 7.92. The summed E-state index contributed by atoms with van der Waals surface area (Å²) in [4.78, 5) is 28.3. The van der Waals surface area contributed by atoms with Crippen LogP contribution in [0.4, 0.5) is 5.69 Å². The summed E-state index contributed by atoms with van der Waals surface area (Å²) in [6.07, 6.45) is 1.99. The molecule has 12 heteroatoms. The molecule has 2 unspecified atom stereocenters. The van der Waals surface area contributed by atoms with E-state index in [0.29, 0.717) is 18.6 Å². The maximum absolute atomic E-state index is 13.7. The first-order chi connectivity index (χ1) is 17.3. The van der Waals surface area contributed by atoms with Crippen LogP contribution in [0.5, 0.6) is 5.75 Å². The van der Waals surface area contributed by atoms with E-state index >= 15 is 0 Å². The van der Waals surface area contributed by atoms with E-state index in [0.717, 1.165) is 16.1 Å². The summed E-state index contributed by atoms with van der Waals surface area (Å²) in [5.41, 5.74) is 0.746. The molecule has 0 aliphatic rings. The molecule has 1 N–H and O–H groups in total. The molecule has 8 nitrogen and oxygen atoms in total. The average molecular weight is 593 g/mol. The molecule has 2 rings (SSSR count). The molecule has 2 aromatic rings. The first kappa shape index (κ1) is 31.0. The number of benzene rings is 2. The zero-order valence-corrected chi connectivity index (χ0v) is 24.5. The molecule has 2 aromatic carbocycles. The Labute approximate surface area is 233 Å². The smallest absolute Gasteiger partial charge is 0.244 e. The van der Waals surface area contributed by atoms with E-state index < -0.39 is 28.5 Å². The van der Waals surface area contributed by atoms with Gasteiger partial charge in [0, 0.05) is 12.6 Å². The van der Waals surface area contributed by atoms with E-state index in [1.165, 1.54) is 17.0 Å². The number of amides is 2. The number of hydrogen-bond acceptors (Lipinski definition) is 5. The van der Waals surface area contributed by atoms with E-state index in [4.69, 9.17) is 39.5 Å². The molecule has 0 bridgehead atoms. The van der Waals surface area contributed by atoms with Crippen molar-refractivity contribution in [1.29, 1.82) is 0 Å². The lowest BCUT2D eigenvalue weighted by molar-refractivity contribution is -0.140. The fourth-order valence-electron chi connectivity index (χ4n) is 3.59. The van der Waals surface area contributed by atoms with E-state index in [1.807, 2.05) is 13.8 Å². The maximum atomic E-state index is 13.7. The molecular weight excluding hydrogens is 561 g/mol. The number of nitrogens with one attached hydrogen (secondary N) is 1. The Kier molecular flexibility index (Phi) is 11.4. The summed E-state index contributed by atoms with van der Waals surface area (Å²) in [5, 5.41) is 3.15. The first-order valence-corrected chi connectivity index (χ1v) is 14.7. The SMILES string of the molecule is CCC(C)NC(=O)C(CC)N(Cc1ccc(OC)cc1)C(=O)CN(c1cc(Cl)c(Cl)cc1Cl)S(C)(=O)=O. The predicted octanol–water partition coefficient (Wildman–Crippen LogP) is 5.14. The molecule has 2 atom stereocenters. The van der Waals surface area contributed by atoms with Gasteiger partial charge in [-0.15, -0.1) is 0 Å². The van der Waals surface area contributed by atoms with Gasteiger partial charge < -0.3 is 15.0 Å². The number of carbonyl (C=O) groups excluding carboxylic acids is 2. The standard InChI is InChI=1S/C25H32Cl3N3O5S/c1-6-16(3)29-25(33)22(7-2)30(14-17-8-10-18(36-4)11-9-17)24(32)15-31(37(5,34)35)23-13-20(27)19(26)12-21(23)28/h8-13,16,22H,6-7,14-15H2,1-5H3,(H,29,33). The number of ether oxygens (including phenoxy) is 1. The Hall–Kier alpha value is -2.20. The Morgan fingerprint density at radius 3 is 2.11 bits per heavy atom. The van der Waals surface area contributed by atoms with Crippen LogP contribution in [0.25, 0.3) is 0 Å². The normalized spacial score (nSPS) is 13.0. The Balaban J connectivity index is 2.50. The van der Waals surface area contributed by atoms with Crippen molar-refractivity contribution in [2.45, 2.75) is 52.2 Å². The Morgan fingerprint density at radius 2 is 1.59 bits per heavy atom. The van der Waals surface area contributed by atoms with Crippen LogP contribution in [-0.2, 0) is 26.2 Å². The molecule has 0 aliphatic heterocycles. The van der Waals surface area contributed by atoms with Crippen molar-refractivity contribution >= 4 is 62.3 Å². The number of sulfonamides is 1. The molecule has 0 saturated heterocycles. The van der Waals surface area contributed by atoms with Crippen LogP contribution >= 0.6 is 34.8 Å². The number of hydrogen-bond donors (Lipinski definition) is 1. The molecule has 37 heavy (non-hydrogen) atoms. The number of anilines is 1. The molecule has 0 spiro atoms. The zero-order valence-electron chi connectivity index (χ0n) is 21.4. The number of nitrogens with zero attached hydrogens (tertiary/aromatic N) is 2. The number of halogens is 3. The molecule has 0 aliphatic carbocycles. The second-order valence-corrected chi connectivity index (χ2v) is 11.7. The quantitative estimate of drug-likeness (QED) is 0.344. The second-order valence-electron chi connectivity index (χ2n) is 8.60. The third-order valence-corrected chi connectivity index (χ3v) is 7.99. The van der Waals surface area contributed by atoms with Crippen molar-refractivity contribution in [2.75, 3.05) is 24.2 Å². The van der Waals surface area contributed by atoms with Gasteiger partial charge in [0.05, 0.1) is 34.1 Å². The molecule has 0 aromatic heterocycles. The molecule has 0 saturated carbocycles. The van der Waals surface area contributed by atoms with Gasteiger partial charge in [0.25, 0.3) is 0 Å². The van der Waals surface area contributed by atoms with E-state index in [1.54, 1.807) is 38.3 Å².